The summed E-state index contributed by atoms with van der Waals surface area (Å²) in [6, 6.07) is 12.3. The Morgan fingerprint density at radius 1 is 1.23 bits per heavy atom. The van der Waals surface area contributed by atoms with Crippen LogP contribution in [-0.2, 0) is 11.0 Å². The number of rotatable bonds is 6. The summed E-state index contributed by atoms with van der Waals surface area (Å²) in [6.07, 6.45) is -2.67. The highest BCUT2D eigenvalue weighted by molar-refractivity contribution is 8.00. The normalized spacial score (nSPS) is 17.1. The van der Waals surface area contributed by atoms with Crippen LogP contribution in [0.5, 0.6) is 0 Å². The van der Waals surface area contributed by atoms with Crippen molar-refractivity contribution in [3.05, 3.63) is 59.1 Å². The third-order valence-corrected chi connectivity index (χ3v) is 6.33. The van der Waals surface area contributed by atoms with Gasteiger partial charge in [0.05, 0.1) is 16.3 Å². The van der Waals surface area contributed by atoms with Crippen LogP contribution in [0.3, 0.4) is 0 Å². The minimum absolute atomic E-state index is 0.0993. The van der Waals surface area contributed by atoms with Crippen LogP contribution >= 0.6 is 23.5 Å². The molecule has 30 heavy (non-hydrogen) atoms. The highest BCUT2D eigenvalue weighted by Gasteiger charge is 2.32. The number of carbonyl (C=O) groups is 1. The lowest BCUT2D eigenvalue weighted by molar-refractivity contribution is -0.137. The van der Waals surface area contributed by atoms with Gasteiger partial charge in [0, 0.05) is 18.0 Å². The first kappa shape index (κ1) is 22.8. The Balaban J connectivity index is 1.88. The molecular formula is C21H23ClF3N3OS. The number of hydrogen-bond acceptors (Lipinski definition) is 4. The van der Waals surface area contributed by atoms with E-state index in [1.54, 1.807) is 4.90 Å². The van der Waals surface area contributed by atoms with Gasteiger partial charge in [-0.3, -0.25) is 4.79 Å². The summed E-state index contributed by atoms with van der Waals surface area (Å²) in [5.74, 6) is 0.0835. The minimum Gasteiger partial charge on any atom is -0.341 e. The van der Waals surface area contributed by atoms with Crippen LogP contribution in [0.15, 0.2) is 53.4 Å². The number of carbonyl (C=O) groups excluding carboxylic acids is 1. The fraction of sp³-hybridized carbons (Fsp3) is 0.381. The Bertz CT molecular complexity index is 866. The van der Waals surface area contributed by atoms with E-state index in [9.17, 15) is 18.0 Å². The Labute approximate surface area is 183 Å². The molecule has 1 heterocycles. The SMILES string of the molecule is NCC1CCCN(C(=O)CN(Sc2ccccc2)c2cc(C(F)(F)F)ccc2Cl)C1. The standard InChI is InChI=1S/C21H23ClF3N3OS/c22-18-9-8-16(21(23,24)25)11-19(18)28(30-17-6-2-1-3-7-17)14-20(29)27-10-4-5-15(12-26)13-27/h1-3,6-9,11,15H,4-5,10,12-14,26H2. The van der Waals surface area contributed by atoms with Crippen molar-refractivity contribution in [2.24, 2.45) is 11.7 Å². The van der Waals surface area contributed by atoms with Crippen molar-refractivity contribution in [1.82, 2.24) is 4.90 Å². The molecule has 162 valence electrons. The van der Waals surface area contributed by atoms with Gasteiger partial charge in [-0.15, -0.1) is 0 Å². The highest BCUT2D eigenvalue weighted by Crippen LogP contribution is 2.39. The molecule has 3 rings (SSSR count). The van der Waals surface area contributed by atoms with Gasteiger partial charge in [-0.2, -0.15) is 13.2 Å². The number of hydrogen-bond donors (Lipinski definition) is 1. The molecule has 1 aliphatic heterocycles. The van der Waals surface area contributed by atoms with E-state index in [0.29, 0.717) is 19.6 Å². The van der Waals surface area contributed by atoms with Gasteiger partial charge in [0.25, 0.3) is 0 Å². The third kappa shape index (κ3) is 5.83. The van der Waals surface area contributed by atoms with Gasteiger partial charge in [0.2, 0.25) is 5.91 Å². The molecule has 0 aromatic heterocycles. The molecule has 0 saturated carbocycles. The van der Waals surface area contributed by atoms with Gasteiger partial charge in [-0.1, -0.05) is 29.8 Å². The second kappa shape index (κ2) is 9.94. The third-order valence-electron chi connectivity index (χ3n) is 4.98. The first-order chi connectivity index (χ1) is 14.3. The van der Waals surface area contributed by atoms with Gasteiger partial charge < -0.3 is 14.9 Å². The van der Waals surface area contributed by atoms with Crippen LogP contribution in [0, 0.1) is 5.92 Å². The van der Waals surface area contributed by atoms with Crippen molar-refractivity contribution >= 4 is 35.1 Å². The fourth-order valence-electron chi connectivity index (χ4n) is 3.36. The van der Waals surface area contributed by atoms with Crippen LogP contribution < -0.4 is 10.0 Å². The van der Waals surface area contributed by atoms with Crippen molar-refractivity contribution in [3.8, 4) is 0 Å². The number of halogens is 4. The Kier molecular flexibility index (Phi) is 7.55. The number of likely N-dealkylation sites (tertiary alicyclic amines) is 1. The number of alkyl halides is 3. The van der Waals surface area contributed by atoms with Crippen LogP contribution in [0.4, 0.5) is 18.9 Å². The number of piperidine rings is 1. The fourth-order valence-corrected chi connectivity index (χ4v) is 4.59. The van der Waals surface area contributed by atoms with E-state index < -0.39 is 11.7 Å². The monoisotopic (exact) mass is 457 g/mol. The molecule has 1 fully saturated rings. The molecular weight excluding hydrogens is 435 g/mol. The number of amides is 1. The first-order valence-corrected chi connectivity index (χ1v) is 10.8. The van der Waals surface area contributed by atoms with E-state index in [0.717, 1.165) is 29.9 Å². The average Bonchev–Trinajstić information content (AvgIpc) is 2.73. The first-order valence-electron chi connectivity index (χ1n) is 9.63. The molecule has 1 amide bonds. The van der Waals surface area contributed by atoms with Crippen molar-refractivity contribution < 1.29 is 18.0 Å². The van der Waals surface area contributed by atoms with E-state index >= 15 is 0 Å². The van der Waals surface area contributed by atoms with Crippen LogP contribution in [0.25, 0.3) is 0 Å². The molecule has 2 aromatic carbocycles. The van der Waals surface area contributed by atoms with Gasteiger partial charge >= 0.3 is 6.18 Å². The lowest BCUT2D eigenvalue weighted by Crippen LogP contribution is -2.45. The van der Waals surface area contributed by atoms with E-state index in [-0.39, 0.29) is 29.1 Å². The molecule has 4 nitrogen and oxygen atoms in total. The predicted molar refractivity (Wildman–Crippen MR) is 114 cm³/mol. The summed E-state index contributed by atoms with van der Waals surface area (Å²) in [6.45, 7) is 1.59. The van der Waals surface area contributed by atoms with Crippen molar-refractivity contribution in [1.29, 1.82) is 0 Å². The van der Waals surface area contributed by atoms with Gasteiger partial charge in [-0.05, 0) is 67.6 Å². The van der Waals surface area contributed by atoms with Gasteiger partial charge in [-0.25, -0.2) is 0 Å². The minimum atomic E-state index is -4.51. The molecule has 1 unspecified atom stereocenters. The molecule has 0 radical (unpaired) electrons. The molecule has 1 saturated heterocycles. The Morgan fingerprint density at radius 3 is 2.63 bits per heavy atom. The summed E-state index contributed by atoms with van der Waals surface area (Å²) in [4.78, 5) is 15.5. The van der Waals surface area contributed by atoms with Crippen molar-refractivity contribution in [2.75, 3.05) is 30.5 Å². The summed E-state index contributed by atoms with van der Waals surface area (Å²) >= 11 is 7.44. The summed E-state index contributed by atoms with van der Waals surface area (Å²) in [5.41, 5.74) is 5.10. The molecule has 0 bridgehead atoms. The maximum atomic E-state index is 13.3. The lowest BCUT2D eigenvalue weighted by Gasteiger charge is -2.34. The van der Waals surface area contributed by atoms with Gasteiger partial charge in [0.15, 0.2) is 0 Å². The van der Waals surface area contributed by atoms with E-state index in [1.165, 1.54) is 22.3 Å². The second-order valence-corrected chi connectivity index (χ2v) is 8.69. The summed E-state index contributed by atoms with van der Waals surface area (Å²) < 4.78 is 41.3. The lowest BCUT2D eigenvalue weighted by atomic mass is 9.98. The topological polar surface area (TPSA) is 49.6 Å². The van der Waals surface area contributed by atoms with Crippen LogP contribution in [0.1, 0.15) is 18.4 Å². The second-order valence-electron chi connectivity index (χ2n) is 7.19. The average molecular weight is 458 g/mol. The maximum Gasteiger partial charge on any atom is 0.416 e. The molecule has 9 heteroatoms. The van der Waals surface area contributed by atoms with E-state index in [2.05, 4.69) is 0 Å². The number of nitrogens with two attached hydrogens (primary N) is 1. The van der Waals surface area contributed by atoms with E-state index in [4.69, 9.17) is 17.3 Å². The zero-order valence-electron chi connectivity index (χ0n) is 16.2. The maximum absolute atomic E-state index is 13.3. The van der Waals surface area contributed by atoms with Crippen molar-refractivity contribution in [2.45, 2.75) is 23.9 Å². The largest absolute Gasteiger partial charge is 0.416 e. The quantitative estimate of drug-likeness (QED) is 0.615. The number of nitrogens with zero attached hydrogens (tertiary/aromatic N) is 2. The highest BCUT2D eigenvalue weighted by atomic mass is 35.5. The molecule has 2 aromatic rings. The van der Waals surface area contributed by atoms with Crippen molar-refractivity contribution in [3.63, 3.8) is 0 Å². The smallest absolute Gasteiger partial charge is 0.341 e. The Morgan fingerprint density at radius 2 is 1.97 bits per heavy atom. The molecule has 0 aliphatic carbocycles. The Hall–Kier alpha value is -1.90. The summed E-state index contributed by atoms with van der Waals surface area (Å²) in [7, 11) is 0. The zero-order valence-corrected chi connectivity index (χ0v) is 17.8. The van der Waals surface area contributed by atoms with Crippen LogP contribution in [0.2, 0.25) is 5.02 Å². The molecule has 0 spiro atoms. The predicted octanol–water partition coefficient (Wildman–Crippen LogP) is 5.07. The molecule has 1 aliphatic rings. The summed E-state index contributed by atoms with van der Waals surface area (Å²) in [5, 5.41) is 0.151. The van der Waals surface area contributed by atoms with E-state index in [1.807, 2.05) is 30.3 Å². The number of anilines is 1. The van der Waals surface area contributed by atoms with Gasteiger partial charge in [0.1, 0.15) is 6.54 Å². The zero-order chi connectivity index (χ0) is 21.7. The number of benzene rings is 2. The van der Waals surface area contributed by atoms with Crippen LogP contribution in [-0.4, -0.2) is 37.0 Å². The molecule has 2 N–H and O–H groups in total. The molecule has 1 atom stereocenters.